The highest BCUT2D eigenvalue weighted by Crippen LogP contribution is 2.25. The van der Waals surface area contributed by atoms with Gasteiger partial charge in [0, 0.05) is 18.2 Å². The van der Waals surface area contributed by atoms with E-state index in [0.29, 0.717) is 17.2 Å². The van der Waals surface area contributed by atoms with Gasteiger partial charge in [-0.15, -0.1) is 0 Å². The molecule has 5 nitrogen and oxygen atoms in total. The van der Waals surface area contributed by atoms with E-state index in [0.717, 1.165) is 31.4 Å². The predicted octanol–water partition coefficient (Wildman–Crippen LogP) is 1.64. The molecule has 0 aliphatic heterocycles. The fourth-order valence-corrected chi connectivity index (χ4v) is 3.30. The monoisotopic (exact) mass is 298 g/mol. The smallest absolute Gasteiger partial charge is 0.240 e. The Labute approximate surface area is 120 Å². The molecule has 0 unspecified atom stereocenters. The van der Waals surface area contributed by atoms with Gasteiger partial charge in [-0.1, -0.05) is 6.92 Å². The van der Waals surface area contributed by atoms with E-state index in [1.807, 2.05) is 0 Å². The maximum atomic E-state index is 12.2. The minimum absolute atomic E-state index is 0.115. The van der Waals surface area contributed by atoms with Crippen LogP contribution in [0.15, 0.2) is 23.1 Å². The number of rotatable bonds is 8. The lowest BCUT2D eigenvalue weighted by molar-refractivity contribution is 0.407. The molecule has 1 aromatic carbocycles. The fourth-order valence-electron chi connectivity index (χ4n) is 1.95. The summed E-state index contributed by atoms with van der Waals surface area (Å²) in [5, 5.41) is 3.26. The van der Waals surface area contributed by atoms with Crippen LogP contribution in [0.5, 0.6) is 5.75 Å². The van der Waals surface area contributed by atoms with Crippen LogP contribution in [-0.4, -0.2) is 28.1 Å². The topological polar surface area (TPSA) is 67.4 Å². The number of ether oxygens (including phenoxy) is 1. The van der Waals surface area contributed by atoms with E-state index < -0.39 is 10.0 Å². The molecular weight excluding hydrogens is 276 g/mol. The fraction of sp³-hybridized carbons (Fsp3) is 0.571. The molecule has 2 N–H and O–H groups in total. The largest absolute Gasteiger partial charge is 0.496 e. The van der Waals surface area contributed by atoms with E-state index in [1.165, 1.54) is 0 Å². The summed E-state index contributed by atoms with van der Waals surface area (Å²) in [6.45, 7) is 3.58. The van der Waals surface area contributed by atoms with Gasteiger partial charge in [-0.2, -0.15) is 0 Å². The van der Waals surface area contributed by atoms with Crippen LogP contribution in [0.25, 0.3) is 0 Å². The molecule has 6 heteroatoms. The molecule has 0 radical (unpaired) electrons. The van der Waals surface area contributed by atoms with E-state index in [1.54, 1.807) is 25.3 Å². The van der Waals surface area contributed by atoms with Gasteiger partial charge in [-0.25, -0.2) is 13.1 Å². The zero-order valence-electron chi connectivity index (χ0n) is 12.0. The highest BCUT2D eigenvalue weighted by Gasteiger charge is 2.28. The van der Waals surface area contributed by atoms with Crippen LogP contribution < -0.4 is 14.8 Å². The standard InChI is InChI=1S/C14H22N2O3S/c1-3-8-15-10-11-9-13(6-7-14(11)19-2)20(17,18)16-12-4-5-12/h6-7,9,12,15-16H,3-5,8,10H2,1-2H3. The van der Waals surface area contributed by atoms with Crippen molar-refractivity contribution in [2.24, 2.45) is 0 Å². The summed E-state index contributed by atoms with van der Waals surface area (Å²) in [7, 11) is -1.82. The van der Waals surface area contributed by atoms with Crippen LogP contribution in [0.2, 0.25) is 0 Å². The molecule has 0 bridgehead atoms. The second kappa shape index (κ2) is 6.56. The van der Waals surface area contributed by atoms with E-state index >= 15 is 0 Å². The zero-order valence-corrected chi connectivity index (χ0v) is 12.8. The van der Waals surface area contributed by atoms with Gasteiger partial charge >= 0.3 is 0 Å². The summed E-state index contributed by atoms with van der Waals surface area (Å²) >= 11 is 0. The molecule has 0 heterocycles. The number of hydrogen-bond donors (Lipinski definition) is 2. The van der Waals surface area contributed by atoms with Crippen molar-refractivity contribution in [2.45, 2.75) is 43.7 Å². The van der Waals surface area contributed by atoms with Gasteiger partial charge in [0.05, 0.1) is 12.0 Å². The first kappa shape index (κ1) is 15.3. The molecular formula is C14H22N2O3S. The lowest BCUT2D eigenvalue weighted by Crippen LogP contribution is -2.26. The highest BCUT2D eigenvalue weighted by molar-refractivity contribution is 7.89. The van der Waals surface area contributed by atoms with Crippen molar-refractivity contribution < 1.29 is 13.2 Å². The molecule has 112 valence electrons. The molecule has 1 saturated carbocycles. The normalized spacial score (nSPS) is 15.3. The van der Waals surface area contributed by atoms with Crippen molar-refractivity contribution in [1.82, 2.24) is 10.0 Å². The molecule has 0 amide bonds. The number of nitrogens with one attached hydrogen (secondary N) is 2. The first-order valence-corrected chi connectivity index (χ1v) is 8.45. The lowest BCUT2D eigenvalue weighted by atomic mass is 10.2. The number of hydrogen-bond acceptors (Lipinski definition) is 4. The molecule has 0 saturated heterocycles. The van der Waals surface area contributed by atoms with Crippen molar-refractivity contribution in [1.29, 1.82) is 0 Å². The van der Waals surface area contributed by atoms with Gasteiger partial charge in [0.2, 0.25) is 10.0 Å². The van der Waals surface area contributed by atoms with Crippen LogP contribution in [0.3, 0.4) is 0 Å². The molecule has 0 aromatic heterocycles. The molecule has 2 rings (SSSR count). The molecule has 0 spiro atoms. The summed E-state index contributed by atoms with van der Waals surface area (Å²) in [4.78, 5) is 0.304. The SMILES string of the molecule is CCCNCc1cc(S(=O)(=O)NC2CC2)ccc1OC. The second-order valence-corrected chi connectivity index (χ2v) is 6.76. The van der Waals surface area contributed by atoms with E-state index in [2.05, 4.69) is 17.0 Å². The van der Waals surface area contributed by atoms with E-state index in [-0.39, 0.29) is 6.04 Å². The maximum absolute atomic E-state index is 12.2. The van der Waals surface area contributed by atoms with Crippen molar-refractivity contribution in [3.8, 4) is 5.75 Å². The van der Waals surface area contributed by atoms with Crippen LogP contribution in [0.4, 0.5) is 0 Å². The van der Waals surface area contributed by atoms with Gasteiger partial charge in [0.1, 0.15) is 5.75 Å². The summed E-state index contributed by atoms with van der Waals surface area (Å²) < 4.78 is 32.4. The van der Waals surface area contributed by atoms with Crippen LogP contribution in [-0.2, 0) is 16.6 Å². The zero-order chi connectivity index (χ0) is 14.6. The number of sulfonamides is 1. The number of methoxy groups -OCH3 is 1. The first-order chi connectivity index (χ1) is 9.56. The number of benzene rings is 1. The Morgan fingerprint density at radius 2 is 2.10 bits per heavy atom. The molecule has 1 aliphatic rings. The van der Waals surface area contributed by atoms with Crippen LogP contribution in [0, 0.1) is 0 Å². The van der Waals surface area contributed by atoms with E-state index in [4.69, 9.17) is 4.74 Å². The van der Waals surface area contributed by atoms with Gasteiger partial charge in [0.15, 0.2) is 0 Å². The van der Waals surface area contributed by atoms with Crippen molar-refractivity contribution in [2.75, 3.05) is 13.7 Å². The van der Waals surface area contributed by atoms with E-state index in [9.17, 15) is 8.42 Å². The van der Waals surface area contributed by atoms with Gasteiger partial charge < -0.3 is 10.1 Å². The van der Waals surface area contributed by atoms with Gasteiger partial charge in [-0.3, -0.25) is 0 Å². The average molecular weight is 298 g/mol. The summed E-state index contributed by atoms with van der Waals surface area (Å²) in [5.41, 5.74) is 0.861. The predicted molar refractivity (Wildman–Crippen MR) is 78.3 cm³/mol. The summed E-state index contributed by atoms with van der Waals surface area (Å²) in [6, 6.07) is 5.10. The molecule has 20 heavy (non-hydrogen) atoms. The lowest BCUT2D eigenvalue weighted by Gasteiger charge is -2.12. The Morgan fingerprint density at radius 3 is 2.70 bits per heavy atom. The Hall–Kier alpha value is -1.11. The second-order valence-electron chi connectivity index (χ2n) is 5.05. The highest BCUT2D eigenvalue weighted by atomic mass is 32.2. The molecule has 0 atom stereocenters. The third-order valence-electron chi connectivity index (χ3n) is 3.20. The molecule has 1 aliphatic carbocycles. The van der Waals surface area contributed by atoms with Gasteiger partial charge in [-0.05, 0) is 44.0 Å². The molecule has 1 aromatic rings. The van der Waals surface area contributed by atoms with Crippen molar-refractivity contribution in [3.63, 3.8) is 0 Å². The Bertz CT molecular complexity index is 554. The average Bonchev–Trinajstić information content (AvgIpc) is 3.22. The third kappa shape index (κ3) is 3.94. The Morgan fingerprint density at radius 1 is 1.35 bits per heavy atom. The quantitative estimate of drug-likeness (QED) is 0.716. The first-order valence-electron chi connectivity index (χ1n) is 6.96. The Balaban J connectivity index is 2.19. The summed E-state index contributed by atoms with van der Waals surface area (Å²) in [6.07, 6.45) is 2.89. The summed E-state index contributed by atoms with van der Waals surface area (Å²) in [5.74, 6) is 0.707. The maximum Gasteiger partial charge on any atom is 0.240 e. The third-order valence-corrected chi connectivity index (χ3v) is 4.72. The Kier molecular flexibility index (Phi) is 5.01. The van der Waals surface area contributed by atoms with Gasteiger partial charge in [0.25, 0.3) is 0 Å². The minimum atomic E-state index is -3.41. The van der Waals surface area contributed by atoms with Crippen molar-refractivity contribution >= 4 is 10.0 Å². The molecule has 1 fully saturated rings. The minimum Gasteiger partial charge on any atom is -0.496 e. The van der Waals surface area contributed by atoms with Crippen molar-refractivity contribution in [3.05, 3.63) is 23.8 Å². The van der Waals surface area contributed by atoms with Crippen LogP contribution >= 0.6 is 0 Å². The van der Waals surface area contributed by atoms with Crippen LogP contribution in [0.1, 0.15) is 31.7 Å².